The van der Waals surface area contributed by atoms with Crippen LogP contribution in [-0.4, -0.2) is 50.0 Å². The highest BCUT2D eigenvalue weighted by atomic mass is 16.2. The summed E-state index contributed by atoms with van der Waals surface area (Å²) < 4.78 is 0. The summed E-state index contributed by atoms with van der Waals surface area (Å²) in [5.41, 5.74) is -0.0343. The fourth-order valence-electron chi connectivity index (χ4n) is 1.05. The lowest BCUT2D eigenvalue weighted by Crippen LogP contribution is -2.48. The first kappa shape index (κ1) is 14.7. The van der Waals surface area contributed by atoms with Crippen molar-refractivity contribution in [2.75, 3.05) is 27.7 Å². The fourth-order valence-corrected chi connectivity index (χ4v) is 1.05. The number of rotatable bonds is 3. The van der Waals surface area contributed by atoms with Crippen LogP contribution >= 0.6 is 0 Å². The molecule has 0 aromatic carbocycles. The van der Waals surface area contributed by atoms with Crippen LogP contribution in [0.1, 0.15) is 27.2 Å². The Hall–Kier alpha value is -1.26. The minimum Gasteiger partial charge on any atom is -0.356 e. The van der Waals surface area contributed by atoms with Gasteiger partial charge in [-0.25, -0.2) is 0 Å². The van der Waals surface area contributed by atoms with E-state index in [0.717, 1.165) is 5.96 Å². The van der Waals surface area contributed by atoms with Gasteiger partial charge in [-0.15, -0.1) is 0 Å². The molecular weight excluding hydrogens is 204 g/mol. The van der Waals surface area contributed by atoms with Gasteiger partial charge in [-0.05, 0) is 20.8 Å². The zero-order valence-corrected chi connectivity index (χ0v) is 11.2. The van der Waals surface area contributed by atoms with Crippen molar-refractivity contribution in [2.24, 2.45) is 4.99 Å². The number of nitrogens with one attached hydrogen (secondary N) is 2. The van der Waals surface area contributed by atoms with Gasteiger partial charge in [0.15, 0.2) is 5.96 Å². The summed E-state index contributed by atoms with van der Waals surface area (Å²) in [5, 5.41) is 6.33. The summed E-state index contributed by atoms with van der Waals surface area (Å²) in [6.07, 6.45) is 0.470. The van der Waals surface area contributed by atoms with Crippen molar-refractivity contribution in [3.05, 3.63) is 0 Å². The summed E-state index contributed by atoms with van der Waals surface area (Å²) in [7, 11) is 5.23. The molecule has 0 saturated heterocycles. The van der Waals surface area contributed by atoms with Gasteiger partial charge >= 0.3 is 0 Å². The third-order valence-corrected chi connectivity index (χ3v) is 1.85. The number of nitrogens with zero attached hydrogens (tertiary/aromatic N) is 2. The lowest BCUT2D eigenvalue weighted by Gasteiger charge is -2.23. The van der Waals surface area contributed by atoms with E-state index in [1.165, 1.54) is 0 Å². The van der Waals surface area contributed by atoms with Gasteiger partial charge in [0.2, 0.25) is 5.91 Å². The predicted octanol–water partition coefficient (Wildman–Crippen LogP) is 0.428. The van der Waals surface area contributed by atoms with Crippen molar-refractivity contribution in [3.8, 4) is 0 Å². The highest BCUT2D eigenvalue weighted by Gasteiger charge is 2.11. The lowest BCUT2D eigenvalue weighted by molar-refractivity contribution is -0.128. The average molecular weight is 228 g/mol. The molecule has 2 N–H and O–H groups in total. The Morgan fingerprint density at radius 3 is 2.25 bits per heavy atom. The molecule has 0 aliphatic carbocycles. The third kappa shape index (κ3) is 7.09. The molecule has 94 valence electrons. The van der Waals surface area contributed by atoms with Crippen molar-refractivity contribution in [2.45, 2.75) is 32.7 Å². The SMILES string of the molecule is CN=C(NCCC(=O)N(C)C)NC(C)(C)C. The average Bonchev–Trinajstić information content (AvgIpc) is 2.13. The molecule has 0 saturated carbocycles. The molecule has 0 aliphatic rings. The van der Waals surface area contributed by atoms with Gasteiger partial charge in [-0.1, -0.05) is 0 Å². The maximum atomic E-state index is 11.3. The highest BCUT2D eigenvalue weighted by molar-refractivity contribution is 5.81. The van der Waals surface area contributed by atoms with E-state index in [-0.39, 0.29) is 11.4 Å². The first-order valence-corrected chi connectivity index (χ1v) is 5.45. The van der Waals surface area contributed by atoms with E-state index >= 15 is 0 Å². The first-order chi connectivity index (χ1) is 7.26. The summed E-state index contributed by atoms with van der Waals surface area (Å²) in [6, 6.07) is 0. The molecule has 0 aliphatic heterocycles. The number of guanidine groups is 1. The van der Waals surface area contributed by atoms with Gasteiger partial charge in [0.05, 0.1) is 0 Å². The van der Waals surface area contributed by atoms with Gasteiger partial charge in [0, 0.05) is 39.6 Å². The topological polar surface area (TPSA) is 56.7 Å². The van der Waals surface area contributed by atoms with Crippen LogP contribution in [-0.2, 0) is 4.79 Å². The Kier molecular flexibility index (Phi) is 5.85. The molecule has 16 heavy (non-hydrogen) atoms. The van der Waals surface area contributed by atoms with E-state index < -0.39 is 0 Å². The Bertz CT molecular complexity index is 253. The molecule has 0 unspecified atom stereocenters. The predicted molar refractivity (Wildman–Crippen MR) is 67.6 cm³/mol. The Balaban J connectivity index is 3.95. The quantitative estimate of drug-likeness (QED) is 0.544. The molecule has 0 atom stereocenters. The minimum atomic E-state index is -0.0343. The summed E-state index contributed by atoms with van der Waals surface area (Å²) >= 11 is 0. The van der Waals surface area contributed by atoms with E-state index in [0.29, 0.717) is 13.0 Å². The molecule has 0 rings (SSSR count). The number of hydrogen-bond donors (Lipinski definition) is 2. The molecular formula is C11H24N4O. The second-order valence-corrected chi connectivity index (χ2v) is 4.91. The summed E-state index contributed by atoms with van der Waals surface area (Å²) in [6.45, 7) is 6.77. The minimum absolute atomic E-state index is 0.0343. The van der Waals surface area contributed by atoms with E-state index in [4.69, 9.17) is 0 Å². The zero-order chi connectivity index (χ0) is 12.8. The van der Waals surface area contributed by atoms with Crippen LogP contribution in [0.2, 0.25) is 0 Å². The van der Waals surface area contributed by atoms with Crippen LogP contribution < -0.4 is 10.6 Å². The van der Waals surface area contributed by atoms with Crippen LogP contribution in [0.15, 0.2) is 4.99 Å². The number of hydrogen-bond acceptors (Lipinski definition) is 2. The molecule has 5 nitrogen and oxygen atoms in total. The molecule has 0 fully saturated rings. The smallest absolute Gasteiger partial charge is 0.223 e. The molecule has 0 aromatic rings. The normalized spacial score (nSPS) is 12.2. The van der Waals surface area contributed by atoms with Gasteiger partial charge in [0.25, 0.3) is 0 Å². The second-order valence-electron chi connectivity index (χ2n) is 4.91. The Morgan fingerprint density at radius 2 is 1.88 bits per heavy atom. The molecule has 0 radical (unpaired) electrons. The van der Waals surface area contributed by atoms with Crippen molar-refractivity contribution in [1.82, 2.24) is 15.5 Å². The Labute approximate surface area is 98.3 Å². The standard InChI is InChI=1S/C11H24N4O/c1-11(2,3)14-10(12-4)13-8-7-9(16)15(5)6/h7-8H2,1-6H3,(H2,12,13,14). The zero-order valence-electron chi connectivity index (χ0n) is 11.2. The molecule has 0 bridgehead atoms. The van der Waals surface area contributed by atoms with Crippen LogP contribution in [0.3, 0.4) is 0 Å². The van der Waals surface area contributed by atoms with Crippen molar-refractivity contribution in [3.63, 3.8) is 0 Å². The molecule has 1 amide bonds. The Morgan fingerprint density at radius 1 is 1.31 bits per heavy atom. The summed E-state index contributed by atoms with van der Waals surface area (Å²) in [4.78, 5) is 17.0. The largest absolute Gasteiger partial charge is 0.356 e. The number of amides is 1. The molecule has 0 aromatic heterocycles. The fraction of sp³-hybridized carbons (Fsp3) is 0.818. The molecule has 0 heterocycles. The first-order valence-electron chi connectivity index (χ1n) is 5.45. The van der Waals surface area contributed by atoms with E-state index in [1.54, 1.807) is 26.0 Å². The number of aliphatic imine (C=N–C) groups is 1. The van der Waals surface area contributed by atoms with Crippen LogP contribution in [0.4, 0.5) is 0 Å². The van der Waals surface area contributed by atoms with E-state index in [9.17, 15) is 4.79 Å². The van der Waals surface area contributed by atoms with E-state index in [1.807, 2.05) is 0 Å². The second kappa shape index (κ2) is 6.35. The summed E-state index contributed by atoms with van der Waals surface area (Å²) in [5.74, 6) is 0.831. The van der Waals surface area contributed by atoms with Crippen molar-refractivity contribution < 1.29 is 4.79 Å². The van der Waals surface area contributed by atoms with Crippen molar-refractivity contribution >= 4 is 11.9 Å². The number of carbonyl (C=O) groups is 1. The maximum Gasteiger partial charge on any atom is 0.223 e. The van der Waals surface area contributed by atoms with Gasteiger partial charge in [-0.3, -0.25) is 9.79 Å². The van der Waals surface area contributed by atoms with Gasteiger partial charge < -0.3 is 15.5 Å². The monoisotopic (exact) mass is 228 g/mol. The van der Waals surface area contributed by atoms with Crippen LogP contribution in [0, 0.1) is 0 Å². The molecule has 0 spiro atoms. The van der Waals surface area contributed by atoms with Gasteiger partial charge in [-0.2, -0.15) is 0 Å². The highest BCUT2D eigenvalue weighted by Crippen LogP contribution is 1.97. The van der Waals surface area contributed by atoms with Crippen molar-refractivity contribution in [1.29, 1.82) is 0 Å². The maximum absolute atomic E-state index is 11.3. The van der Waals surface area contributed by atoms with Crippen LogP contribution in [0.5, 0.6) is 0 Å². The number of carbonyl (C=O) groups excluding carboxylic acids is 1. The van der Waals surface area contributed by atoms with Gasteiger partial charge in [0.1, 0.15) is 0 Å². The third-order valence-electron chi connectivity index (χ3n) is 1.85. The van der Waals surface area contributed by atoms with E-state index in [2.05, 4.69) is 36.4 Å². The van der Waals surface area contributed by atoms with Crippen LogP contribution in [0.25, 0.3) is 0 Å². The molecule has 5 heteroatoms. The lowest BCUT2D eigenvalue weighted by atomic mass is 10.1.